The number of sulfone groups is 1. The van der Waals surface area contributed by atoms with E-state index in [1.54, 1.807) is 24.3 Å². The van der Waals surface area contributed by atoms with Crippen LogP contribution in [0.3, 0.4) is 0 Å². The van der Waals surface area contributed by atoms with Gasteiger partial charge in [0.15, 0.2) is 16.4 Å². The summed E-state index contributed by atoms with van der Waals surface area (Å²) >= 11 is 3.50. The van der Waals surface area contributed by atoms with Crippen molar-refractivity contribution < 1.29 is 17.9 Å². The molecule has 0 saturated carbocycles. The molecule has 5 nitrogen and oxygen atoms in total. The number of amides is 1. The van der Waals surface area contributed by atoms with E-state index >= 15 is 0 Å². The molecule has 3 rings (SSSR count). The van der Waals surface area contributed by atoms with Crippen molar-refractivity contribution in [3.63, 3.8) is 0 Å². The van der Waals surface area contributed by atoms with Gasteiger partial charge in [-0.15, -0.1) is 0 Å². The Morgan fingerprint density at radius 1 is 1.04 bits per heavy atom. The third-order valence-electron chi connectivity index (χ3n) is 3.75. The van der Waals surface area contributed by atoms with Gasteiger partial charge in [-0.1, -0.05) is 42.5 Å². The normalized spacial score (nSPS) is 11.3. The molecule has 0 fully saturated rings. The smallest absolute Gasteiger partial charge is 0.262 e. The van der Waals surface area contributed by atoms with Crippen molar-refractivity contribution in [3.05, 3.63) is 65.1 Å². The molecule has 0 unspecified atom stereocenters. The van der Waals surface area contributed by atoms with Crippen LogP contribution in [0.25, 0.3) is 10.8 Å². The first kappa shape index (κ1) is 18.4. The molecule has 0 aliphatic heterocycles. The van der Waals surface area contributed by atoms with Crippen molar-refractivity contribution in [1.82, 2.24) is 0 Å². The average molecular weight is 434 g/mol. The minimum Gasteiger partial charge on any atom is -0.483 e. The maximum Gasteiger partial charge on any atom is 0.262 e. The predicted octanol–water partition coefficient (Wildman–Crippen LogP) is 4.02. The average Bonchev–Trinajstić information content (AvgIpc) is 2.61. The molecular weight excluding hydrogens is 418 g/mol. The van der Waals surface area contributed by atoms with Gasteiger partial charge in [-0.3, -0.25) is 4.79 Å². The van der Waals surface area contributed by atoms with Crippen LogP contribution in [-0.4, -0.2) is 27.2 Å². The van der Waals surface area contributed by atoms with Gasteiger partial charge in [0.25, 0.3) is 5.91 Å². The lowest BCUT2D eigenvalue weighted by molar-refractivity contribution is -0.118. The minimum absolute atomic E-state index is 0.0697. The van der Waals surface area contributed by atoms with E-state index in [1.165, 1.54) is 6.07 Å². The second kappa shape index (κ2) is 7.47. The van der Waals surface area contributed by atoms with Crippen LogP contribution in [0.1, 0.15) is 0 Å². The summed E-state index contributed by atoms with van der Waals surface area (Å²) in [6.07, 6.45) is 1.10. The van der Waals surface area contributed by atoms with Crippen molar-refractivity contribution >= 4 is 48.1 Å². The minimum atomic E-state index is -3.44. The molecule has 1 amide bonds. The Balaban J connectivity index is 1.74. The maximum atomic E-state index is 12.2. The Bertz CT molecular complexity index is 1080. The molecule has 7 heteroatoms. The fraction of sp³-hybridized carbons (Fsp3) is 0.105. The second-order valence-corrected chi connectivity index (χ2v) is 8.48. The van der Waals surface area contributed by atoms with E-state index in [2.05, 4.69) is 21.2 Å². The predicted molar refractivity (Wildman–Crippen MR) is 105 cm³/mol. The van der Waals surface area contributed by atoms with Gasteiger partial charge in [-0.2, -0.15) is 0 Å². The SMILES string of the molecule is CS(=O)(=O)c1ccccc1NC(=O)COc1ccc2ccccc2c1Br. The van der Waals surface area contributed by atoms with Crippen LogP contribution >= 0.6 is 15.9 Å². The standard InChI is InChI=1S/C19H16BrNO4S/c1-26(23,24)17-9-5-4-8-15(17)21-18(22)12-25-16-11-10-13-6-2-3-7-14(13)19(16)20/h2-11H,12H2,1H3,(H,21,22). The number of fused-ring (bicyclic) bond motifs is 1. The highest BCUT2D eigenvalue weighted by molar-refractivity contribution is 9.10. The van der Waals surface area contributed by atoms with Gasteiger partial charge in [0.1, 0.15) is 5.75 Å². The number of carbonyl (C=O) groups is 1. The summed E-state index contributed by atoms with van der Waals surface area (Å²) in [6.45, 7) is -0.241. The van der Waals surface area contributed by atoms with Crippen LogP contribution in [-0.2, 0) is 14.6 Å². The summed E-state index contributed by atoms with van der Waals surface area (Å²) < 4.78 is 29.9. The molecule has 0 heterocycles. The maximum absolute atomic E-state index is 12.2. The van der Waals surface area contributed by atoms with Crippen molar-refractivity contribution in [1.29, 1.82) is 0 Å². The summed E-state index contributed by atoms with van der Waals surface area (Å²) in [5.41, 5.74) is 0.237. The molecule has 0 aliphatic rings. The highest BCUT2D eigenvalue weighted by Crippen LogP contribution is 2.33. The van der Waals surface area contributed by atoms with Crippen LogP contribution in [0.5, 0.6) is 5.75 Å². The highest BCUT2D eigenvalue weighted by Gasteiger charge is 2.15. The molecule has 3 aromatic carbocycles. The number of halogens is 1. The van der Waals surface area contributed by atoms with Gasteiger partial charge in [0.2, 0.25) is 0 Å². The molecule has 0 saturated heterocycles. The van der Waals surface area contributed by atoms with E-state index in [0.717, 1.165) is 21.5 Å². The van der Waals surface area contributed by atoms with Crippen molar-refractivity contribution in [2.75, 3.05) is 18.2 Å². The summed E-state index contributed by atoms with van der Waals surface area (Å²) in [7, 11) is -3.44. The fourth-order valence-electron chi connectivity index (χ4n) is 2.55. The zero-order chi connectivity index (χ0) is 18.7. The first-order valence-electron chi connectivity index (χ1n) is 7.75. The topological polar surface area (TPSA) is 72.5 Å². The molecule has 0 radical (unpaired) electrons. The third-order valence-corrected chi connectivity index (χ3v) is 5.72. The van der Waals surface area contributed by atoms with Gasteiger partial charge in [-0.25, -0.2) is 8.42 Å². The molecule has 0 aliphatic carbocycles. The van der Waals surface area contributed by atoms with Gasteiger partial charge in [0, 0.05) is 6.26 Å². The Labute approximate surface area is 160 Å². The monoisotopic (exact) mass is 433 g/mol. The zero-order valence-corrected chi connectivity index (χ0v) is 16.3. The molecule has 0 aromatic heterocycles. The largest absolute Gasteiger partial charge is 0.483 e. The van der Waals surface area contributed by atoms with Crippen LogP contribution in [0.15, 0.2) is 70.0 Å². The first-order valence-corrected chi connectivity index (χ1v) is 10.4. The zero-order valence-electron chi connectivity index (χ0n) is 13.9. The number of hydrogen-bond donors (Lipinski definition) is 1. The fourth-order valence-corrected chi connectivity index (χ4v) is 4.00. The van der Waals surface area contributed by atoms with E-state index in [0.29, 0.717) is 5.75 Å². The lowest BCUT2D eigenvalue weighted by atomic mass is 10.1. The summed E-state index contributed by atoms with van der Waals surface area (Å²) in [5, 5.41) is 4.62. The Hall–Kier alpha value is -2.38. The van der Waals surface area contributed by atoms with Gasteiger partial charge in [-0.05, 0) is 44.9 Å². The Kier molecular flexibility index (Phi) is 5.29. The third kappa shape index (κ3) is 4.05. The molecule has 0 spiro atoms. The van der Waals surface area contributed by atoms with E-state index in [-0.39, 0.29) is 17.2 Å². The number of ether oxygens (including phenoxy) is 1. The number of nitrogens with one attached hydrogen (secondary N) is 1. The summed E-state index contributed by atoms with van der Waals surface area (Å²) in [4.78, 5) is 12.3. The van der Waals surface area contributed by atoms with Gasteiger partial charge < -0.3 is 10.1 Å². The van der Waals surface area contributed by atoms with Crippen molar-refractivity contribution in [3.8, 4) is 5.75 Å². The van der Waals surface area contributed by atoms with Gasteiger partial charge in [0.05, 0.1) is 15.1 Å². The molecule has 0 bridgehead atoms. The van der Waals surface area contributed by atoms with E-state index < -0.39 is 15.7 Å². The molecule has 1 N–H and O–H groups in total. The Morgan fingerprint density at radius 2 is 1.73 bits per heavy atom. The lowest BCUT2D eigenvalue weighted by Crippen LogP contribution is -2.21. The molecule has 3 aromatic rings. The van der Waals surface area contributed by atoms with Crippen LogP contribution < -0.4 is 10.1 Å². The molecule has 0 atom stereocenters. The second-order valence-electron chi connectivity index (χ2n) is 5.70. The lowest BCUT2D eigenvalue weighted by Gasteiger charge is -2.12. The summed E-state index contributed by atoms with van der Waals surface area (Å²) in [5.74, 6) is 0.0939. The number of hydrogen-bond acceptors (Lipinski definition) is 4. The summed E-state index contributed by atoms with van der Waals surface area (Å²) in [6, 6.07) is 17.8. The van der Waals surface area contributed by atoms with E-state index in [4.69, 9.17) is 4.74 Å². The highest BCUT2D eigenvalue weighted by atomic mass is 79.9. The number of benzene rings is 3. The van der Waals surface area contributed by atoms with Gasteiger partial charge >= 0.3 is 0 Å². The van der Waals surface area contributed by atoms with Crippen LogP contribution in [0.2, 0.25) is 0 Å². The molecular formula is C19H16BrNO4S. The van der Waals surface area contributed by atoms with E-state index in [9.17, 15) is 13.2 Å². The molecule has 26 heavy (non-hydrogen) atoms. The number of rotatable bonds is 5. The quantitative estimate of drug-likeness (QED) is 0.659. The van der Waals surface area contributed by atoms with Crippen molar-refractivity contribution in [2.24, 2.45) is 0 Å². The van der Waals surface area contributed by atoms with Crippen LogP contribution in [0, 0.1) is 0 Å². The van der Waals surface area contributed by atoms with E-state index in [1.807, 2.05) is 30.3 Å². The Morgan fingerprint density at radius 3 is 2.50 bits per heavy atom. The number of anilines is 1. The first-order chi connectivity index (χ1) is 12.4. The van der Waals surface area contributed by atoms with Crippen molar-refractivity contribution in [2.45, 2.75) is 4.90 Å². The number of para-hydroxylation sites is 1. The number of carbonyl (C=O) groups excluding carboxylic acids is 1. The molecule has 134 valence electrons. The van der Waals surface area contributed by atoms with Crippen LogP contribution in [0.4, 0.5) is 5.69 Å².